The van der Waals surface area contributed by atoms with Crippen LogP contribution in [0.2, 0.25) is 0 Å². The molecule has 0 aliphatic heterocycles. The zero-order valence-electron chi connectivity index (χ0n) is 12.1. The van der Waals surface area contributed by atoms with Crippen molar-refractivity contribution in [3.63, 3.8) is 0 Å². The highest BCUT2D eigenvalue weighted by Crippen LogP contribution is 2.32. The number of halogens is 3. The summed E-state index contributed by atoms with van der Waals surface area (Å²) in [6.45, 7) is 1.15. The summed E-state index contributed by atoms with van der Waals surface area (Å²) >= 11 is 0. The van der Waals surface area contributed by atoms with Crippen LogP contribution in [0.5, 0.6) is 11.5 Å². The van der Waals surface area contributed by atoms with E-state index in [9.17, 15) is 13.2 Å². The van der Waals surface area contributed by atoms with Crippen LogP contribution in [0.15, 0.2) is 18.2 Å². The van der Waals surface area contributed by atoms with E-state index >= 15 is 0 Å². The first-order valence-electron chi connectivity index (χ1n) is 6.62. The quantitative estimate of drug-likeness (QED) is 0.750. The lowest BCUT2D eigenvalue weighted by molar-refractivity contribution is -0.325. The number of alkyl halides is 3. The van der Waals surface area contributed by atoms with Gasteiger partial charge in [0.25, 0.3) is 0 Å². The number of methoxy groups -OCH3 is 1. The zero-order valence-corrected chi connectivity index (χ0v) is 12.1. The van der Waals surface area contributed by atoms with Crippen molar-refractivity contribution in [2.75, 3.05) is 20.3 Å². The van der Waals surface area contributed by atoms with Gasteiger partial charge in [-0.05, 0) is 24.5 Å². The highest BCUT2D eigenvalue weighted by molar-refractivity contribution is 5.47. The molecule has 0 saturated carbocycles. The van der Waals surface area contributed by atoms with E-state index in [1.165, 1.54) is 7.11 Å². The summed E-state index contributed by atoms with van der Waals surface area (Å²) in [7, 11) is 1.47. The molecule has 7 heteroatoms. The first kappa shape index (κ1) is 17.6. The van der Waals surface area contributed by atoms with Crippen molar-refractivity contribution in [3.05, 3.63) is 23.8 Å². The molecule has 0 saturated heterocycles. The van der Waals surface area contributed by atoms with Crippen LogP contribution in [-0.4, -0.2) is 32.7 Å². The minimum absolute atomic E-state index is 0.0501. The van der Waals surface area contributed by atoms with E-state index in [1.54, 1.807) is 12.1 Å². The van der Waals surface area contributed by atoms with Crippen molar-refractivity contribution >= 4 is 0 Å². The second-order valence-corrected chi connectivity index (χ2v) is 4.46. The fourth-order valence-electron chi connectivity index (χ4n) is 1.77. The molecule has 0 heterocycles. The van der Waals surface area contributed by atoms with E-state index in [1.807, 2.05) is 13.0 Å². The van der Waals surface area contributed by atoms with Crippen LogP contribution in [0, 0.1) is 0 Å². The van der Waals surface area contributed by atoms with Crippen LogP contribution >= 0.6 is 0 Å². The van der Waals surface area contributed by atoms with Gasteiger partial charge in [-0.25, -0.2) is 0 Å². The van der Waals surface area contributed by atoms with Crippen molar-refractivity contribution in [3.8, 4) is 11.5 Å². The maximum Gasteiger partial charge on any atom is 0.522 e. The van der Waals surface area contributed by atoms with E-state index in [2.05, 4.69) is 4.74 Å². The number of para-hydroxylation sites is 1. The predicted molar refractivity (Wildman–Crippen MR) is 72.5 cm³/mol. The largest absolute Gasteiger partial charge is 0.522 e. The second kappa shape index (κ2) is 8.09. The van der Waals surface area contributed by atoms with Gasteiger partial charge in [0.1, 0.15) is 6.61 Å². The van der Waals surface area contributed by atoms with Gasteiger partial charge < -0.3 is 15.2 Å². The molecule has 0 aliphatic rings. The molecule has 0 aromatic heterocycles. The molecule has 1 aromatic rings. The zero-order chi connectivity index (χ0) is 15.9. The monoisotopic (exact) mass is 307 g/mol. The molecule has 0 spiro atoms. The van der Waals surface area contributed by atoms with E-state index in [0.717, 1.165) is 12.0 Å². The van der Waals surface area contributed by atoms with Crippen molar-refractivity contribution < 1.29 is 27.4 Å². The summed E-state index contributed by atoms with van der Waals surface area (Å²) in [6.07, 6.45) is -3.31. The molecular formula is C14H20F3NO3. The maximum atomic E-state index is 11.9. The Morgan fingerprint density at radius 3 is 2.52 bits per heavy atom. The first-order valence-corrected chi connectivity index (χ1v) is 6.62. The van der Waals surface area contributed by atoms with E-state index < -0.39 is 13.0 Å². The average molecular weight is 307 g/mol. The molecule has 2 N–H and O–H groups in total. The molecule has 0 bridgehead atoms. The van der Waals surface area contributed by atoms with Crippen LogP contribution in [0.4, 0.5) is 13.2 Å². The summed E-state index contributed by atoms with van der Waals surface area (Å²) in [5.41, 5.74) is 6.71. The van der Waals surface area contributed by atoms with Crippen molar-refractivity contribution in [1.82, 2.24) is 0 Å². The Labute approximate surface area is 122 Å². The number of rotatable bonds is 8. The third-order valence-corrected chi connectivity index (χ3v) is 2.88. The lowest BCUT2D eigenvalue weighted by atomic mass is 10.0. The fraction of sp³-hybridized carbons (Fsp3) is 0.571. The molecule has 0 amide bonds. The molecule has 0 aliphatic carbocycles. The van der Waals surface area contributed by atoms with Gasteiger partial charge in [0.05, 0.1) is 13.7 Å². The predicted octanol–water partition coefficient (Wildman–Crippen LogP) is 2.89. The molecule has 21 heavy (non-hydrogen) atoms. The topological polar surface area (TPSA) is 53.7 Å². The SMILES string of the molecule is CCC(N)Cc1cccc(OC)c1OCCOC(F)(F)F. The van der Waals surface area contributed by atoms with E-state index in [0.29, 0.717) is 17.9 Å². The van der Waals surface area contributed by atoms with Crippen LogP contribution in [0.1, 0.15) is 18.9 Å². The van der Waals surface area contributed by atoms with Gasteiger partial charge in [0.2, 0.25) is 0 Å². The van der Waals surface area contributed by atoms with Gasteiger partial charge in [-0.2, -0.15) is 0 Å². The third kappa shape index (κ3) is 6.22. The minimum atomic E-state index is -4.66. The molecule has 0 radical (unpaired) electrons. The Morgan fingerprint density at radius 1 is 1.24 bits per heavy atom. The molecule has 0 fully saturated rings. The number of nitrogens with two attached hydrogens (primary N) is 1. The van der Waals surface area contributed by atoms with Crippen LogP contribution in [0.25, 0.3) is 0 Å². The Hall–Kier alpha value is -1.47. The maximum absolute atomic E-state index is 11.9. The van der Waals surface area contributed by atoms with Crippen molar-refractivity contribution in [2.24, 2.45) is 5.73 Å². The highest BCUT2D eigenvalue weighted by Gasteiger charge is 2.28. The normalized spacial score (nSPS) is 13.0. The molecule has 1 atom stereocenters. The number of ether oxygens (including phenoxy) is 3. The van der Waals surface area contributed by atoms with Crippen LogP contribution in [0.3, 0.4) is 0 Å². The minimum Gasteiger partial charge on any atom is -0.493 e. The molecular weight excluding hydrogens is 287 g/mol. The Kier molecular flexibility index (Phi) is 6.77. The third-order valence-electron chi connectivity index (χ3n) is 2.88. The van der Waals surface area contributed by atoms with Gasteiger partial charge in [-0.3, -0.25) is 4.74 Å². The van der Waals surface area contributed by atoms with Gasteiger partial charge >= 0.3 is 6.36 Å². The smallest absolute Gasteiger partial charge is 0.493 e. The molecule has 1 rings (SSSR count). The van der Waals surface area contributed by atoms with Gasteiger partial charge in [0, 0.05) is 6.04 Å². The lowest BCUT2D eigenvalue weighted by Crippen LogP contribution is -2.22. The summed E-state index contributed by atoms with van der Waals surface area (Å²) in [6, 6.07) is 5.24. The van der Waals surface area contributed by atoms with Crippen LogP contribution < -0.4 is 15.2 Å². The summed E-state index contributed by atoms with van der Waals surface area (Å²) < 4.78 is 50.0. The second-order valence-electron chi connectivity index (χ2n) is 4.46. The summed E-state index contributed by atoms with van der Waals surface area (Å²) in [5, 5.41) is 0. The fourth-order valence-corrected chi connectivity index (χ4v) is 1.77. The van der Waals surface area contributed by atoms with Gasteiger partial charge in [-0.15, -0.1) is 13.2 Å². The first-order chi connectivity index (χ1) is 9.87. The van der Waals surface area contributed by atoms with Gasteiger partial charge in [-0.1, -0.05) is 19.1 Å². The van der Waals surface area contributed by atoms with Crippen molar-refractivity contribution in [1.29, 1.82) is 0 Å². The lowest BCUT2D eigenvalue weighted by Gasteiger charge is -2.17. The number of benzene rings is 1. The van der Waals surface area contributed by atoms with Gasteiger partial charge in [0.15, 0.2) is 11.5 Å². The van der Waals surface area contributed by atoms with E-state index in [-0.39, 0.29) is 12.6 Å². The molecule has 120 valence electrons. The Balaban J connectivity index is 2.73. The summed E-state index contributed by atoms with van der Waals surface area (Å²) in [5.74, 6) is 0.873. The van der Waals surface area contributed by atoms with E-state index in [4.69, 9.17) is 15.2 Å². The summed E-state index contributed by atoms with van der Waals surface area (Å²) in [4.78, 5) is 0. The highest BCUT2D eigenvalue weighted by atomic mass is 19.4. The van der Waals surface area contributed by atoms with Crippen LogP contribution in [-0.2, 0) is 11.2 Å². The standard InChI is InChI=1S/C14H20F3NO3/c1-3-11(18)9-10-5-4-6-12(19-2)13(10)20-7-8-21-14(15,16)17/h4-6,11H,3,7-9,18H2,1-2H3. The molecule has 4 nitrogen and oxygen atoms in total. The Morgan fingerprint density at radius 2 is 1.95 bits per heavy atom. The average Bonchev–Trinajstić information content (AvgIpc) is 2.43. The molecule has 1 unspecified atom stereocenters. The number of hydrogen-bond donors (Lipinski definition) is 1. The molecule has 1 aromatic carbocycles. The number of hydrogen-bond acceptors (Lipinski definition) is 4. The Bertz CT molecular complexity index is 438. The van der Waals surface area contributed by atoms with Crippen molar-refractivity contribution in [2.45, 2.75) is 32.2 Å².